The number of hydrogen-bond donors (Lipinski definition) is 3. The molecule has 0 aliphatic heterocycles. The second kappa shape index (κ2) is 4.08. The Balaban J connectivity index is 3.17. The van der Waals surface area contributed by atoms with Gasteiger partial charge in [0.1, 0.15) is 5.75 Å². The predicted octanol–water partition coefficient (Wildman–Crippen LogP) is 1.40. The number of halogens is 3. The molecule has 0 spiro atoms. The fourth-order valence-corrected chi connectivity index (χ4v) is 1.13. The number of alkyl halides is 3. The molecular weight excluding hydrogens is 211 g/mol. The maximum absolute atomic E-state index is 12.3. The Morgan fingerprint density at radius 2 is 1.93 bits per heavy atom. The van der Waals surface area contributed by atoms with Crippen LogP contribution < -0.4 is 5.73 Å². The molecule has 0 fully saturated rings. The van der Waals surface area contributed by atoms with Gasteiger partial charge in [0.05, 0.1) is 18.2 Å². The maximum Gasteiger partial charge on any atom is 0.416 e. The normalized spacial score (nSPS) is 13.9. The summed E-state index contributed by atoms with van der Waals surface area (Å²) >= 11 is 0. The molecule has 1 rings (SSSR count). The third-order valence-electron chi connectivity index (χ3n) is 1.95. The minimum absolute atomic E-state index is 0.118. The summed E-state index contributed by atoms with van der Waals surface area (Å²) in [6, 6.07) is 1.37. The molecule has 0 aliphatic rings. The van der Waals surface area contributed by atoms with Gasteiger partial charge < -0.3 is 15.9 Å². The lowest BCUT2D eigenvalue weighted by Crippen LogP contribution is -2.16. The molecular formula is C9H10F3NO2. The van der Waals surface area contributed by atoms with Crippen LogP contribution in [0.5, 0.6) is 5.75 Å². The van der Waals surface area contributed by atoms with Crippen LogP contribution in [-0.4, -0.2) is 16.8 Å². The first kappa shape index (κ1) is 11.8. The Hall–Kier alpha value is -1.27. The summed E-state index contributed by atoms with van der Waals surface area (Å²) in [6.07, 6.45) is -4.49. The van der Waals surface area contributed by atoms with E-state index in [-0.39, 0.29) is 11.3 Å². The molecule has 15 heavy (non-hydrogen) atoms. The molecule has 0 bridgehead atoms. The number of aliphatic hydroxyl groups is 1. The summed E-state index contributed by atoms with van der Waals surface area (Å²) in [5, 5.41) is 17.9. The van der Waals surface area contributed by atoms with Crippen molar-refractivity contribution in [3.8, 4) is 5.75 Å². The highest BCUT2D eigenvalue weighted by Gasteiger charge is 2.31. The highest BCUT2D eigenvalue weighted by Crippen LogP contribution is 2.33. The lowest BCUT2D eigenvalue weighted by Gasteiger charge is -2.13. The average molecular weight is 221 g/mol. The van der Waals surface area contributed by atoms with Gasteiger partial charge in [-0.05, 0) is 18.2 Å². The molecule has 0 unspecified atom stereocenters. The summed E-state index contributed by atoms with van der Waals surface area (Å²) in [5.74, 6) is -0.357. The Bertz CT molecular complexity index is 352. The molecule has 3 nitrogen and oxygen atoms in total. The van der Waals surface area contributed by atoms with Crippen molar-refractivity contribution in [2.24, 2.45) is 5.73 Å². The van der Waals surface area contributed by atoms with Crippen molar-refractivity contribution >= 4 is 0 Å². The van der Waals surface area contributed by atoms with E-state index in [0.717, 1.165) is 18.2 Å². The molecule has 4 N–H and O–H groups in total. The van der Waals surface area contributed by atoms with Crippen LogP contribution in [0.1, 0.15) is 17.2 Å². The van der Waals surface area contributed by atoms with Crippen molar-refractivity contribution in [3.05, 3.63) is 29.3 Å². The molecule has 0 amide bonds. The quantitative estimate of drug-likeness (QED) is 0.707. The number of hydrogen-bond acceptors (Lipinski definition) is 3. The zero-order valence-electron chi connectivity index (χ0n) is 7.62. The number of benzene rings is 1. The maximum atomic E-state index is 12.3. The highest BCUT2D eigenvalue weighted by molar-refractivity contribution is 5.39. The lowest BCUT2D eigenvalue weighted by atomic mass is 10.0. The smallest absolute Gasteiger partial charge is 0.416 e. The van der Waals surface area contributed by atoms with E-state index in [1.165, 1.54) is 0 Å². The van der Waals surface area contributed by atoms with Gasteiger partial charge in [-0.3, -0.25) is 0 Å². The second-order valence-electron chi connectivity index (χ2n) is 3.06. The van der Waals surface area contributed by atoms with E-state index in [1.807, 2.05) is 0 Å². The van der Waals surface area contributed by atoms with Crippen LogP contribution in [0, 0.1) is 0 Å². The summed E-state index contributed by atoms with van der Waals surface area (Å²) in [4.78, 5) is 0. The molecule has 1 aromatic carbocycles. The van der Waals surface area contributed by atoms with Crippen LogP contribution in [0.15, 0.2) is 18.2 Å². The van der Waals surface area contributed by atoms with Gasteiger partial charge in [0.15, 0.2) is 0 Å². The predicted molar refractivity (Wildman–Crippen MR) is 47.1 cm³/mol. The van der Waals surface area contributed by atoms with E-state index >= 15 is 0 Å². The van der Waals surface area contributed by atoms with E-state index in [1.54, 1.807) is 0 Å². The van der Waals surface area contributed by atoms with Crippen LogP contribution >= 0.6 is 0 Å². The van der Waals surface area contributed by atoms with E-state index in [4.69, 9.17) is 10.8 Å². The number of phenols is 1. The summed E-state index contributed by atoms with van der Waals surface area (Å²) in [6.45, 7) is -0.533. The molecule has 1 aromatic rings. The number of phenolic OH excluding ortho intramolecular Hbond substituents is 1. The highest BCUT2D eigenvalue weighted by atomic mass is 19.4. The van der Waals surface area contributed by atoms with Crippen molar-refractivity contribution in [2.75, 3.05) is 6.61 Å². The first-order valence-corrected chi connectivity index (χ1v) is 4.13. The number of aliphatic hydroxyl groups excluding tert-OH is 1. The first-order chi connectivity index (χ1) is 6.86. The third-order valence-corrected chi connectivity index (χ3v) is 1.95. The van der Waals surface area contributed by atoms with Gasteiger partial charge in [0.2, 0.25) is 0 Å². The number of nitrogens with two attached hydrogens (primary N) is 1. The van der Waals surface area contributed by atoms with Crippen molar-refractivity contribution in [1.29, 1.82) is 0 Å². The molecule has 0 saturated carbocycles. The SMILES string of the molecule is N[C@@H](CO)c1cc(C(F)(F)F)ccc1O. The lowest BCUT2D eigenvalue weighted by molar-refractivity contribution is -0.137. The van der Waals surface area contributed by atoms with Crippen LogP contribution in [0.4, 0.5) is 13.2 Å². The zero-order chi connectivity index (χ0) is 11.6. The summed E-state index contributed by atoms with van der Waals surface area (Å²) in [5.41, 5.74) is 4.31. The van der Waals surface area contributed by atoms with Crippen molar-refractivity contribution in [1.82, 2.24) is 0 Å². The Kier molecular flexibility index (Phi) is 3.21. The van der Waals surface area contributed by atoms with Crippen LogP contribution in [0.3, 0.4) is 0 Å². The van der Waals surface area contributed by atoms with Gasteiger partial charge in [-0.25, -0.2) is 0 Å². The fourth-order valence-electron chi connectivity index (χ4n) is 1.13. The molecule has 6 heteroatoms. The van der Waals surface area contributed by atoms with E-state index in [0.29, 0.717) is 0 Å². The summed E-state index contributed by atoms with van der Waals surface area (Å²) in [7, 11) is 0. The van der Waals surface area contributed by atoms with E-state index in [2.05, 4.69) is 0 Å². The van der Waals surface area contributed by atoms with Gasteiger partial charge in [0, 0.05) is 5.56 Å². The number of rotatable bonds is 2. The summed E-state index contributed by atoms with van der Waals surface area (Å²) < 4.78 is 36.8. The molecule has 0 saturated heterocycles. The van der Waals surface area contributed by atoms with Crippen molar-refractivity contribution < 1.29 is 23.4 Å². The minimum Gasteiger partial charge on any atom is -0.508 e. The standard InChI is InChI=1S/C9H10F3NO2/c10-9(11,12)5-1-2-8(15)6(3-5)7(13)4-14/h1-3,7,14-15H,4,13H2/t7-/m0/s1. The van der Waals surface area contributed by atoms with Gasteiger partial charge in [0.25, 0.3) is 0 Å². The molecule has 0 radical (unpaired) electrons. The Morgan fingerprint density at radius 1 is 1.33 bits per heavy atom. The topological polar surface area (TPSA) is 66.5 Å². The van der Waals surface area contributed by atoms with E-state index < -0.39 is 24.4 Å². The number of aromatic hydroxyl groups is 1. The van der Waals surface area contributed by atoms with Gasteiger partial charge >= 0.3 is 6.18 Å². The average Bonchev–Trinajstić information content (AvgIpc) is 2.15. The second-order valence-corrected chi connectivity index (χ2v) is 3.06. The fraction of sp³-hybridized carbons (Fsp3) is 0.333. The molecule has 84 valence electrons. The largest absolute Gasteiger partial charge is 0.508 e. The molecule has 0 aromatic heterocycles. The molecule has 1 atom stereocenters. The molecule has 0 aliphatic carbocycles. The van der Waals surface area contributed by atoms with Crippen LogP contribution in [-0.2, 0) is 6.18 Å². The van der Waals surface area contributed by atoms with Gasteiger partial charge in [-0.15, -0.1) is 0 Å². The van der Waals surface area contributed by atoms with Crippen molar-refractivity contribution in [3.63, 3.8) is 0 Å². The monoisotopic (exact) mass is 221 g/mol. The van der Waals surface area contributed by atoms with Crippen LogP contribution in [0.25, 0.3) is 0 Å². The first-order valence-electron chi connectivity index (χ1n) is 4.13. The van der Waals surface area contributed by atoms with Gasteiger partial charge in [-0.2, -0.15) is 13.2 Å². The Labute approximate surface area is 84.0 Å². The van der Waals surface area contributed by atoms with Crippen LogP contribution in [0.2, 0.25) is 0 Å². The molecule has 0 heterocycles. The minimum atomic E-state index is -4.49. The van der Waals surface area contributed by atoms with E-state index in [9.17, 15) is 18.3 Å². The van der Waals surface area contributed by atoms with Gasteiger partial charge in [-0.1, -0.05) is 0 Å². The Morgan fingerprint density at radius 3 is 2.40 bits per heavy atom. The van der Waals surface area contributed by atoms with Crippen molar-refractivity contribution in [2.45, 2.75) is 12.2 Å². The zero-order valence-corrected chi connectivity index (χ0v) is 7.62. The third kappa shape index (κ3) is 2.60.